The van der Waals surface area contributed by atoms with Crippen LogP contribution in [0.3, 0.4) is 0 Å². The second-order valence-electron chi connectivity index (χ2n) is 2.59. The molecule has 0 aromatic heterocycles. The van der Waals surface area contributed by atoms with E-state index in [1.54, 1.807) is 0 Å². The summed E-state index contributed by atoms with van der Waals surface area (Å²) in [5.41, 5.74) is 1.94. The van der Waals surface area contributed by atoms with Gasteiger partial charge in [-0.3, -0.25) is 14.6 Å². The van der Waals surface area contributed by atoms with Gasteiger partial charge >= 0.3 is 0 Å². The summed E-state index contributed by atoms with van der Waals surface area (Å²) in [4.78, 5) is 21.7. The van der Waals surface area contributed by atoms with E-state index in [0.717, 1.165) is 5.01 Å². The minimum absolute atomic E-state index is 0.245. The first-order valence-corrected chi connectivity index (χ1v) is 3.48. The molecule has 0 unspecified atom stereocenters. The largest absolute Gasteiger partial charge is 0.286 e. The third-order valence-corrected chi connectivity index (χ3v) is 1.70. The summed E-state index contributed by atoms with van der Waals surface area (Å²) in [6, 6.07) is 0. The number of allylic oxidation sites excluding steroid dienone is 3. The molecule has 0 atom stereocenters. The standard InChI is InChI=1S/C7H4F2N2O2/c8-3-1-4(12)5(9)6(7(3)13)11-2-10-11/h1,10H,2H2. The number of hydrogen-bond acceptors (Lipinski definition) is 4. The summed E-state index contributed by atoms with van der Waals surface area (Å²) in [5, 5.41) is 1.07. The molecule has 1 N–H and O–H groups in total. The van der Waals surface area contributed by atoms with E-state index in [9.17, 15) is 18.4 Å². The molecule has 0 amide bonds. The lowest BCUT2D eigenvalue weighted by atomic mass is 10.1. The van der Waals surface area contributed by atoms with Crippen molar-refractivity contribution in [3.05, 3.63) is 23.4 Å². The van der Waals surface area contributed by atoms with E-state index in [0.29, 0.717) is 6.08 Å². The highest BCUT2D eigenvalue weighted by Gasteiger charge is 2.37. The molecule has 0 radical (unpaired) electrons. The zero-order chi connectivity index (χ0) is 9.59. The van der Waals surface area contributed by atoms with Crippen molar-refractivity contribution in [3.63, 3.8) is 0 Å². The molecule has 0 bridgehead atoms. The van der Waals surface area contributed by atoms with Crippen molar-refractivity contribution in [1.29, 1.82) is 0 Å². The Kier molecular flexibility index (Phi) is 1.53. The van der Waals surface area contributed by atoms with Crippen LogP contribution in [0.1, 0.15) is 0 Å². The van der Waals surface area contributed by atoms with Gasteiger partial charge in [-0.05, 0) is 0 Å². The molecule has 1 heterocycles. The summed E-state index contributed by atoms with van der Waals surface area (Å²) in [5.74, 6) is -4.64. The topological polar surface area (TPSA) is 59.1 Å². The first-order valence-electron chi connectivity index (χ1n) is 3.48. The molecule has 0 aromatic carbocycles. The van der Waals surface area contributed by atoms with Gasteiger partial charge in [-0.1, -0.05) is 0 Å². The highest BCUT2D eigenvalue weighted by molar-refractivity contribution is 6.20. The first kappa shape index (κ1) is 8.06. The molecule has 0 saturated carbocycles. The number of Topliss-reactive ketones (excluding diaryl/α,β-unsaturated/α-hetero) is 1. The van der Waals surface area contributed by atoms with E-state index in [4.69, 9.17) is 0 Å². The van der Waals surface area contributed by atoms with Gasteiger partial charge in [0.05, 0.1) is 0 Å². The second kappa shape index (κ2) is 2.46. The third-order valence-electron chi connectivity index (χ3n) is 1.70. The van der Waals surface area contributed by atoms with Crippen LogP contribution >= 0.6 is 0 Å². The Morgan fingerprint density at radius 2 is 2.00 bits per heavy atom. The van der Waals surface area contributed by atoms with Crippen LogP contribution in [0.5, 0.6) is 0 Å². The lowest BCUT2D eigenvalue weighted by Gasteiger charge is -2.09. The quantitative estimate of drug-likeness (QED) is 0.460. The molecule has 1 aliphatic carbocycles. The maximum Gasteiger partial charge on any atom is 0.242 e. The fourth-order valence-electron chi connectivity index (χ4n) is 1.01. The van der Waals surface area contributed by atoms with Gasteiger partial charge in [0.25, 0.3) is 0 Å². The lowest BCUT2D eigenvalue weighted by Crippen LogP contribution is -2.21. The van der Waals surface area contributed by atoms with E-state index in [1.807, 2.05) is 0 Å². The summed E-state index contributed by atoms with van der Waals surface area (Å²) in [7, 11) is 0. The summed E-state index contributed by atoms with van der Waals surface area (Å²) >= 11 is 0. The molecule has 13 heavy (non-hydrogen) atoms. The maximum atomic E-state index is 13.0. The number of nitrogens with zero attached hydrogens (tertiary/aromatic N) is 1. The van der Waals surface area contributed by atoms with E-state index in [-0.39, 0.29) is 6.67 Å². The van der Waals surface area contributed by atoms with Gasteiger partial charge in [-0.25, -0.2) is 14.2 Å². The monoisotopic (exact) mass is 186 g/mol. The Morgan fingerprint density at radius 1 is 1.38 bits per heavy atom. The number of ketones is 2. The third kappa shape index (κ3) is 1.15. The van der Waals surface area contributed by atoms with Crippen LogP contribution in [-0.2, 0) is 9.59 Å². The highest BCUT2D eigenvalue weighted by Crippen LogP contribution is 2.25. The predicted octanol–water partition coefficient (Wildman–Crippen LogP) is -0.0496. The summed E-state index contributed by atoms with van der Waals surface area (Å²) < 4.78 is 25.6. The van der Waals surface area contributed by atoms with Gasteiger partial charge < -0.3 is 0 Å². The van der Waals surface area contributed by atoms with E-state index < -0.39 is 28.9 Å². The molecule has 0 spiro atoms. The molecular formula is C7H4F2N2O2. The van der Waals surface area contributed by atoms with Crippen LogP contribution < -0.4 is 5.43 Å². The second-order valence-corrected chi connectivity index (χ2v) is 2.59. The minimum Gasteiger partial charge on any atom is -0.286 e. The normalized spacial score (nSPS) is 22.3. The number of halogens is 2. The van der Waals surface area contributed by atoms with Gasteiger partial charge in [0, 0.05) is 6.08 Å². The summed E-state index contributed by atoms with van der Waals surface area (Å²) in [6.45, 7) is 0.245. The first-order chi connectivity index (χ1) is 6.11. The van der Waals surface area contributed by atoms with Gasteiger partial charge in [-0.2, -0.15) is 0 Å². The van der Waals surface area contributed by atoms with E-state index in [2.05, 4.69) is 5.43 Å². The fraction of sp³-hybridized carbons (Fsp3) is 0.143. The van der Waals surface area contributed by atoms with E-state index >= 15 is 0 Å². The van der Waals surface area contributed by atoms with Crippen molar-refractivity contribution >= 4 is 11.6 Å². The summed E-state index contributed by atoms with van der Waals surface area (Å²) in [6.07, 6.45) is 0.352. The molecular weight excluding hydrogens is 182 g/mol. The molecule has 1 aliphatic heterocycles. The van der Waals surface area contributed by atoms with Crippen molar-refractivity contribution in [2.45, 2.75) is 0 Å². The van der Waals surface area contributed by atoms with Crippen LogP contribution in [0.4, 0.5) is 8.78 Å². The predicted molar refractivity (Wildman–Crippen MR) is 37.2 cm³/mol. The van der Waals surface area contributed by atoms with Crippen molar-refractivity contribution in [1.82, 2.24) is 10.4 Å². The van der Waals surface area contributed by atoms with Gasteiger partial charge in [0.1, 0.15) is 12.4 Å². The molecule has 2 aliphatic rings. The van der Waals surface area contributed by atoms with Crippen LogP contribution in [0, 0.1) is 0 Å². The Bertz CT molecular complexity index is 369. The molecule has 68 valence electrons. The SMILES string of the molecule is O=C1C=C(F)C(=O)C(N2CN2)=C1F. The Labute approximate surface area is 71.5 Å². The number of carbonyl (C=O) groups is 2. The fourth-order valence-corrected chi connectivity index (χ4v) is 1.01. The van der Waals surface area contributed by atoms with Crippen LogP contribution in [0.15, 0.2) is 23.4 Å². The molecule has 4 nitrogen and oxygen atoms in total. The van der Waals surface area contributed by atoms with Crippen LogP contribution in [-0.4, -0.2) is 23.2 Å². The van der Waals surface area contributed by atoms with Gasteiger partial charge in [-0.15, -0.1) is 0 Å². The number of hydrogen-bond donors (Lipinski definition) is 1. The van der Waals surface area contributed by atoms with Crippen molar-refractivity contribution < 1.29 is 18.4 Å². The number of nitrogens with one attached hydrogen (secondary N) is 1. The molecule has 1 fully saturated rings. The lowest BCUT2D eigenvalue weighted by molar-refractivity contribution is -0.118. The average Bonchev–Trinajstić information content (AvgIpc) is 2.85. The minimum atomic E-state index is -1.23. The van der Waals surface area contributed by atoms with Gasteiger partial charge in [0.15, 0.2) is 11.7 Å². The molecule has 2 rings (SSSR count). The zero-order valence-corrected chi connectivity index (χ0v) is 6.30. The molecule has 6 heteroatoms. The van der Waals surface area contributed by atoms with E-state index in [1.165, 1.54) is 0 Å². The average molecular weight is 186 g/mol. The van der Waals surface area contributed by atoms with Crippen molar-refractivity contribution in [2.24, 2.45) is 0 Å². The van der Waals surface area contributed by atoms with Gasteiger partial charge in [0.2, 0.25) is 11.6 Å². The number of carbonyl (C=O) groups excluding carboxylic acids is 2. The Balaban J connectivity index is 2.45. The molecule has 1 saturated heterocycles. The maximum absolute atomic E-state index is 13.0. The Morgan fingerprint density at radius 3 is 2.54 bits per heavy atom. The zero-order valence-electron chi connectivity index (χ0n) is 6.30. The number of hydrazine groups is 1. The highest BCUT2D eigenvalue weighted by atomic mass is 19.1. The number of rotatable bonds is 1. The van der Waals surface area contributed by atoms with Crippen molar-refractivity contribution in [2.75, 3.05) is 6.67 Å². The smallest absolute Gasteiger partial charge is 0.242 e. The Hall–Kier alpha value is -1.56. The van der Waals surface area contributed by atoms with Crippen LogP contribution in [0.2, 0.25) is 0 Å². The molecule has 0 aromatic rings. The van der Waals surface area contributed by atoms with Crippen molar-refractivity contribution in [3.8, 4) is 0 Å². The van der Waals surface area contributed by atoms with Crippen LogP contribution in [0.25, 0.3) is 0 Å².